The molecule has 0 aromatic heterocycles. The maximum atomic E-state index is 11.4. The Hall–Kier alpha value is -2.47. The molecule has 0 bridgehead atoms. The molecule has 106 valence electrons. The highest BCUT2D eigenvalue weighted by molar-refractivity contribution is 7.71. The van der Waals surface area contributed by atoms with Gasteiger partial charge in [-0.1, -0.05) is 6.07 Å². The molecular formula is C11H10N2O6S. The predicted octanol–water partition coefficient (Wildman–Crippen LogP) is 0.486. The average molecular weight is 298 g/mol. The van der Waals surface area contributed by atoms with Crippen LogP contribution in [0.3, 0.4) is 0 Å². The minimum absolute atomic E-state index is 0.130. The number of esters is 1. The molecule has 0 saturated carbocycles. The van der Waals surface area contributed by atoms with E-state index < -0.39 is 33.2 Å². The first-order valence-electron chi connectivity index (χ1n) is 5.27. The summed E-state index contributed by atoms with van der Waals surface area (Å²) in [5.41, 5.74) is -0.413. The highest BCUT2D eigenvalue weighted by Crippen LogP contribution is 2.28. The van der Waals surface area contributed by atoms with Crippen molar-refractivity contribution in [3.63, 3.8) is 0 Å². The van der Waals surface area contributed by atoms with Crippen LogP contribution in [0.1, 0.15) is 17.0 Å². The van der Waals surface area contributed by atoms with Gasteiger partial charge in [-0.25, -0.2) is 8.42 Å². The quantitative estimate of drug-likeness (QED) is 0.362. The topological polar surface area (TPSA) is 127 Å². The zero-order valence-corrected chi connectivity index (χ0v) is 11.2. The molecule has 0 saturated heterocycles. The van der Waals surface area contributed by atoms with Crippen LogP contribution in [-0.4, -0.2) is 26.4 Å². The normalized spacial score (nSPS) is 11.7. The van der Waals surface area contributed by atoms with E-state index in [1.807, 2.05) is 0 Å². The van der Waals surface area contributed by atoms with Crippen LogP contribution in [0.5, 0.6) is 0 Å². The Morgan fingerprint density at radius 3 is 2.65 bits per heavy atom. The highest BCUT2D eigenvalue weighted by Gasteiger charge is 2.29. The fraction of sp³-hybridized carbons (Fsp3) is 0.273. The average Bonchev–Trinajstić information content (AvgIpc) is 2.39. The van der Waals surface area contributed by atoms with Crippen molar-refractivity contribution in [3.8, 4) is 6.07 Å². The van der Waals surface area contributed by atoms with E-state index in [-0.39, 0.29) is 16.9 Å². The number of hydrogen-bond donors (Lipinski definition) is 1. The SMILES string of the molecule is COC(=O)C(C#N)c1ccc(C[SH](=O)=O)cc1[N+](=O)[O-]. The van der Waals surface area contributed by atoms with Crippen molar-refractivity contribution in [2.45, 2.75) is 11.7 Å². The summed E-state index contributed by atoms with van der Waals surface area (Å²) in [5.74, 6) is -2.71. The second-order valence-electron chi connectivity index (χ2n) is 3.73. The summed E-state index contributed by atoms with van der Waals surface area (Å²) < 4.78 is 25.6. The third-order valence-corrected chi connectivity index (χ3v) is 3.10. The van der Waals surface area contributed by atoms with Gasteiger partial charge in [0.15, 0.2) is 5.92 Å². The lowest BCUT2D eigenvalue weighted by molar-refractivity contribution is -0.385. The number of benzene rings is 1. The molecule has 1 rings (SSSR count). The summed E-state index contributed by atoms with van der Waals surface area (Å²) in [6.07, 6.45) is 0. The van der Waals surface area contributed by atoms with Crippen LogP contribution in [0.4, 0.5) is 5.69 Å². The maximum absolute atomic E-state index is 11.4. The van der Waals surface area contributed by atoms with E-state index >= 15 is 0 Å². The fourth-order valence-electron chi connectivity index (χ4n) is 1.61. The standard InChI is InChI=1S/C11H10N2O6S/c1-19-11(14)9(5-12)8-3-2-7(6-20(17)18)4-10(8)13(15)16/h2-4,9,20H,6H2,1H3. The van der Waals surface area contributed by atoms with Gasteiger partial charge < -0.3 is 4.74 Å². The maximum Gasteiger partial charge on any atom is 0.327 e. The number of carbonyl (C=O) groups is 1. The van der Waals surface area contributed by atoms with Crippen molar-refractivity contribution in [3.05, 3.63) is 39.4 Å². The van der Waals surface area contributed by atoms with Gasteiger partial charge in [-0.15, -0.1) is 0 Å². The molecule has 0 aliphatic heterocycles. The van der Waals surface area contributed by atoms with Crippen LogP contribution in [0.15, 0.2) is 18.2 Å². The van der Waals surface area contributed by atoms with Crippen LogP contribution >= 0.6 is 0 Å². The molecule has 1 atom stereocenters. The molecule has 20 heavy (non-hydrogen) atoms. The number of nitriles is 1. The molecule has 0 aliphatic carbocycles. The number of nitrogens with zero attached hydrogens (tertiary/aromatic N) is 2. The number of carbonyl (C=O) groups excluding carboxylic acids is 1. The Bertz CT molecular complexity index is 653. The Kier molecular flexibility index (Phi) is 5.16. The van der Waals surface area contributed by atoms with Crippen LogP contribution in [0, 0.1) is 21.4 Å². The van der Waals surface area contributed by atoms with Crippen LogP contribution in [0.25, 0.3) is 0 Å². The molecule has 0 spiro atoms. The minimum atomic E-state index is -2.73. The van der Waals surface area contributed by atoms with Gasteiger partial charge >= 0.3 is 5.97 Å². The first-order chi connectivity index (χ1) is 9.40. The van der Waals surface area contributed by atoms with E-state index in [0.717, 1.165) is 13.2 Å². The third kappa shape index (κ3) is 3.52. The first kappa shape index (κ1) is 15.6. The Balaban J connectivity index is 3.36. The summed E-state index contributed by atoms with van der Waals surface area (Å²) in [6, 6.07) is 5.17. The van der Waals surface area contributed by atoms with Crippen LogP contribution in [0.2, 0.25) is 0 Å². The van der Waals surface area contributed by atoms with E-state index in [9.17, 15) is 23.3 Å². The van der Waals surface area contributed by atoms with E-state index in [1.165, 1.54) is 12.1 Å². The molecule has 8 nitrogen and oxygen atoms in total. The summed E-state index contributed by atoms with van der Waals surface area (Å²) in [7, 11) is -1.67. The predicted molar refractivity (Wildman–Crippen MR) is 67.5 cm³/mol. The molecule has 1 unspecified atom stereocenters. The molecule has 1 aromatic carbocycles. The van der Waals surface area contributed by atoms with Gasteiger partial charge in [0.2, 0.25) is 0 Å². The van der Waals surface area contributed by atoms with Gasteiger partial charge in [0.25, 0.3) is 5.69 Å². The monoisotopic (exact) mass is 298 g/mol. The molecule has 1 aromatic rings. The molecule has 0 fully saturated rings. The molecule has 0 heterocycles. The van der Waals surface area contributed by atoms with Gasteiger partial charge in [-0.05, 0) is 11.6 Å². The van der Waals surface area contributed by atoms with E-state index in [2.05, 4.69) is 4.74 Å². The van der Waals surface area contributed by atoms with Crippen molar-refractivity contribution in [1.82, 2.24) is 0 Å². The minimum Gasteiger partial charge on any atom is -0.468 e. The van der Waals surface area contributed by atoms with E-state index in [1.54, 1.807) is 6.07 Å². The second kappa shape index (κ2) is 6.63. The number of hydrogen-bond acceptors (Lipinski definition) is 7. The first-order valence-corrected chi connectivity index (χ1v) is 6.63. The summed E-state index contributed by atoms with van der Waals surface area (Å²) in [5, 5.41) is 19.9. The van der Waals surface area contributed by atoms with Crippen LogP contribution < -0.4 is 0 Å². The van der Waals surface area contributed by atoms with E-state index in [0.29, 0.717) is 0 Å². The van der Waals surface area contributed by atoms with Crippen molar-refractivity contribution in [1.29, 1.82) is 5.26 Å². The van der Waals surface area contributed by atoms with Gasteiger partial charge in [-0.3, -0.25) is 14.9 Å². The Labute approximate surface area is 115 Å². The van der Waals surface area contributed by atoms with Crippen LogP contribution in [-0.2, 0) is 26.0 Å². The molecule has 0 aliphatic rings. The van der Waals surface area contributed by atoms with Crippen molar-refractivity contribution < 1.29 is 22.9 Å². The van der Waals surface area contributed by atoms with Gasteiger partial charge in [-0.2, -0.15) is 5.26 Å². The zero-order valence-electron chi connectivity index (χ0n) is 10.3. The van der Waals surface area contributed by atoms with Crippen molar-refractivity contribution in [2.75, 3.05) is 7.11 Å². The molecule has 9 heteroatoms. The summed E-state index contributed by atoms with van der Waals surface area (Å²) >= 11 is 0. The molecule has 0 radical (unpaired) electrons. The van der Waals surface area contributed by atoms with Gasteiger partial charge in [0, 0.05) is 6.07 Å². The lowest BCUT2D eigenvalue weighted by Crippen LogP contribution is -2.14. The molecule has 0 amide bonds. The van der Waals surface area contributed by atoms with Crippen molar-refractivity contribution in [2.24, 2.45) is 0 Å². The molecule has 0 N–H and O–H groups in total. The second-order valence-corrected chi connectivity index (χ2v) is 4.71. The van der Waals surface area contributed by atoms with E-state index in [4.69, 9.17) is 5.26 Å². The summed E-state index contributed by atoms with van der Waals surface area (Å²) in [4.78, 5) is 21.6. The lowest BCUT2D eigenvalue weighted by Gasteiger charge is -2.08. The lowest BCUT2D eigenvalue weighted by atomic mass is 9.97. The highest BCUT2D eigenvalue weighted by atomic mass is 32.2. The smallest absolute Gasteiger partial charge is 0.327 e. The number of rotatable bonds is 5. The number of thiol groups is 1. The largest absolute Gasteiger partial charge is 0.468 e. The zero-order chi connectivity index (χ0) is 15.3. The summed E-state index contributed by atoms with van der Waals surface area (Å²) in [6.45, 7) is 0. The van der Waals surface area contributed by atoms with Gasteiger partial charge in [0.05, 0.1) is 29.4 Å². The Morgan fingerprint density at radius 1 is 1.55 bits per heavy atom. The third-order valence-electron chi connectivity index (χ3n) is 2.48. The number of methoxy groups -OCH3 is 1. The molecular weight excluding hydrogens is 288 g/mol. The number of nitro benzene ring substituents is 1. The van der Waals surface area contributed by atoms with Crippen molar-refractivity contribution >= 4 is 22.4 Å². The van der Waals surface area contributed by atoms with Gasteiger partial charge in [0.1, 0.15) is 10.7 Å². The number of ether oxygens (including phenoxy) is 1. The fourth-order valence-corrected chi connectivity index (χ4v) is 2.10. The number of nitro groups is 1. The Morgan fingerprint density at radius 2 is 2.20 bits per heavy atom.